The molecule has 2 aromatic heterocycles. The van der Waals surface area contributed by atoms with Crippen molar-refractivity contribution in [2.75, 3.05) is 0 Å². The summed E-state index contributed by atoms with van der Waals surface area (Å²) >= 11 is 0. The first kappa shape index (κ1) is 20.4. The van der Waals surface area contributed by atoms with Crippen LogP contribution in [0.2, 0.25) is 0 Å². The summed E-state index contributed by atoms with van der Waals surface area (Å²) in [5.41, 5.74) is 4.92. The Balaban J connectivity index is 0.000000278. The van der Waals surface area contributed by atoms with Gasteiger partial charge in [-0.25, -0.2) is 0 Å². The number of rotatable bonds is 2. The molecule has 4 heteroatoms. The smallest absolute Gasteiger partial charge is 0.115 e. The van der Waals surface area contributed by atoms with Crippen molar-refractivity contribution in [2.45, 2.75) is 0 Å². The summed E-state index contributed by atoms with van der Waals surface area (Å²) in [6, 6.07) is 26.6. The van der Waals surface area contributed by atoms with E-state index < -0.39 is 0 Å². The third-order valence-corrected chi connectivity index (χ3v) is 3.81. The molecule has 0 aliphatic heterocycles. The van der Waals surface area contributed by atoms with Crippen molar-refractivity contribution in [3.05, 3.63) is 110 Å². The zero-order valence-electron chi connectivity index (χ0n) is 14.6. The minimum absolute atomic E-state index is 0. The fourth-order valence-corrected chi connectivity index (χ4v) is 2.54. The molecule has 0 amide bonds. The van der Waals surface area contributed by atoms with Gasteiger partial charge in [0.25, 0.3) is 0 Å². The van der Waals surface area contributed by atoms with Crippen molar-refractivity contribution in [1.82, 2.24) is 9.97 Å². The normalized spacial score (nSPS) is 9.48. The van der Waals surface area contributed by atoms with E-state index in [9.17, 15) is 0 Å². The van der Waals surface area contributed by atoms with Crippen LogP contribution >= 0.6 is 0 Å². The first-order valence-corrected chi connectivity index (χ1v) is 8.27. The molecule has 0 radical (unpaired) electrons. The van der Waals surface area contributed by atoms with Crippen LogP contribution in [0, 0.1) is 6.92 Å². The molecule has 0 spiro atoms. The van der Waals surface area contributed by atoms with E-state index in [1.165, 1.54) is 0 Å². The van der Waals surface area contributed by atoms with Crippen molar-refractivity contribution in [1.29, 1.82) is 0 Å². The molecule has 4 aromatic rings. The second kappa shape index (κ2) is 10.3. The maximum Gasteiger partial charge on any atom is 0.115 e. The number of para-hydroxylation sites is 1. The van der Waals surface area contributed by atoms with Crippen LogP contribution in [-0.4, -0.2) is 15.1 Å². The van der Waals surface area contributed by atoms with Crippen molar-refractivity contribution >= 4 is 0 Å². The fourth-order valence-electron chi connectivity index (χ4n) is 2.54. The third kappa shape index (κ3) is 5.54. The van der Waals surface area contributed by atoms with Gasteiger partial charge in [-0.3, -0.25) is 9.97 Å². The second-order valence-corrected chi connectivity index (χ2v) is 5.60. The molecule has 0 saturated heterocycles. The first-order chi connectivity index (χ1) is 12.8. The molecule has 0 aliphatic rings. The van der Waals surface area contributed by atoms with Crippen LogP contribution in [0.25, 0.3) is 22.5 Å². The molecule has 27 heavy (non-hydrogen) atoms. The SMILES string of the molecule is Oc1ccccc1.[CH2-]c1c(-c2ccccn2)cccc1-c1ccccn1.[Pt]. The van der Waals surface area contributed by atoms with Crippen LogP contribution in [0.4, 0.5) is 0 Å². The molecule has 0 unspecified atom stereocenters. The molecule has 0 aliphatic carbocycles. The molecule has 138 valence electrons. The largest absolute Gasteiger partial charge is 0.508 e. The van der Waals surface area contributed by atoms with E-state index in [2.05, 4.69) is 16.9 Å². The Labute approximate surface area is 174 Å². The van der Waals surface area contributed by atoms with Crippen molar-refractivity contribution < 1.29 is 26.2 Å². The number of phenolic OH excluding ortho intramolecular Hbond substituents is 1. The molecule has 0 atom stereocenters. The maximum absolute atomic E-state index is 8.63. The number of benzene rings is 2. The fraction of sp³-hybridized carbons (Fsp3) is 0. The van der Waals surface area contributed by atoms with E-state index in [0.717, 1.165) is 28.1 Å². The minimum atomic E-state index is 0. The van der Waals surface area contributed by atoms with E-state index in [0.29, 0.717) is 5.75 Å². The third-order valence-electron chi connectivity index (χ3n) is 3.81. The van der Waals surface area contributed by atoms with Crippen LogP contribution in [0.15, 0.2) is 97.3 Å². The molecule has 0 bridgehead atoms. The molecule has 2 heterocycles. The van der Waals surface area contributed by atoms with Crippen molar-refractivity contribution in [3.8, 4) is 28.3 Å². The van der Waals surface area contributed by atoms with Crippen LogP contribution in [0.5, 0.6) is 5.75 Å². The summed E-state index contributed by atoms with van der Waals surface area (Å²) in [6.07, 6.45) is 3.59. The van der Waals surface area contributed by atoms with E-state index in [1.54, 1.807) is 36.7 Å². The number of aromatic hydroxyl groups is 1. The van der Waals surface area contributed by atoms with Gasteiger partial charge in [-0.15, -0.1) is 23.3 Å². The van der Waals surface area contributed by atoms with Crippen molar-refractivity contribution in [2.24, 2.45) is 0 Å². The summed E-state index contributed by atoms with van der Waals surface area (Å²) in [6.45, 7) is 4.19. The van der Waals surface area contributed by atoms with Crippen molar-refractivity contribution in [3.63, 3.8) is 0 Å². The minimum Gasteiger partial charge on any atom is -0.508 e. The van der Waals surface area contributed by atoms with Gasteiger partial charge in [0.2, 0.25) is 0 Å². The van der Waals surface area contributed by atoms with E-state index in [4.69, 9.17) is 5.11 Å². The van der Waals surface area contributed by atoms with Gasteiger partial charge in [0.1, 0.15) is 5.75 Å². The first-order valence-electron chi connectivity index (χ1n) is 8.27. The molecule has 0 saturated carbocycles. The monoisotopic (exact) mass is 534 g/mol. The second-order valence-electron chi connectivity index (χ2n) is 5.60. The average Bonchev–Trinajstić information content (AvgIpc) is 2.71. The predicted octanol–water partition coefficient (Wildman–Crippen LogP) is 5.38. The summed E-state index contributed by atoms with van der Waals surface area (Å²) in [7, 11) is 0. The number of hydrogen-bond donors (Lipinski definition) is 1. The average molecular weight is 534 g/mol. The number of aromatic nitrogens is 2. The van der Waals surface area contributed by atoms with E-state index in [1.807, 2.05) is 60.7 Å². The number of pyridine rings is 2. The predicted molar refractivity (Wildman–Crippen MR) is 105 cm³/mol. The molecule has 0 fully saturated rings. The van der Waals surface area contributed by atoms with Gasteiger partial charge < -0.3 is 5.11 Å². The molecule has 3 nitrogen and oxygen atoms in total. The van der Waals surface area contributed by atoms with Crippen LogP contribution < -0.4 is 0 Å². The maximum atomic E-state index is 8.63. The summed E-state index contributed by atoms with van der Waals surface area (Å²) in [4.78, 5) is 8.77. The van der Waals surface area contributed by atoms with Crippen LogP contribution in [0.3, 0.4) is 0 Å². The number of phenols is 1. The molecule has 1 N–H and O–H groups in total. The Kier molecular flexibility index (Phi) is 7.78. The Morgan fingerprint density at radius 2 is 1.07 bits per heavy atom. The Bertz CT molecular complexity index is 888. The van der Waals surface area contributed by atoms with Gasteiger partial charge in [-0.2, -0.15) is 12.5 Å². The molecular formula is C23H19N2OPt-. The summed E-state index contributed by atoms with van der Waals surface area (Å²) < 4.78 is 0. The zero-order valence-corrected chi connectivity index (χ0v) is 16.9. The molecule has 2 aromatic carbocycles. The molecular weight excluding hydrogens is 515 g/mol. The number of hydrogen-bond acceptors (Lipinski definition) is 3. The van der Waals surface area contributed by atoms with Gasteiger partial charge in [-0.1, -0.05) is 36.4 Å². The summed E-state index contributed by atoms with van der Waals surface area (Å²) in [5.74, 6) is 0.322. The Morgan fingerprint density at radius 3 is 1.44 bits per heavy atom. The summed E-state index contributed by atoms with van der Waals surface area (Å²) in [5, 5.41) is 8.63. The van der Waals surface area contributed by atoms with Crippen LogP contribution in [0.1, 0.15) is 5.56 Å². The van der Waals surface area contributed by atoms with Gasteiger partial charge in [-0.05, 0) is 36.4 Å². The van der Waals surface area contributed by atoms with E-state index in [-0.39, 0.29) is 21.1 Å². The Morgan fingerprint density at radius 1 is 0.593 bits per heavy atom. The number of nitrogens with zero attached hydrogens (tertiary/aromatic N) is 2. The standard InChI is InChI=1S/C17H13N2.C6H6O.Pt/c1-13-14(16-9-2-4-11-18-16)7-6-8-15(13)17-10-3-5-12-19-17;7-6-4-2-1-3-5-6;/h2-12H,1H2;1-5,7H;/q-1;;. The van der Waals surface area contributed by atoms with E-state index >= 15 is 0 Å². The van der Waals surface area contributed by atoms with Gasteiger partial charge in [0.15, 0.2) is 0 Å². The van der Waals surface area contributed by atoms with Gasteiger partial charge in [0.05, 0.1) is 0 Å². The van der Waals surface area contributed by atoms with Gasteiger partial charge >= 0.3 is 0 Å². The van der Waals surface area contributed by atoms with Gasteiger partial charge in [0, 0.05) is 44.8 Å². The Hall–Kier alpha value is -2.90. The quantitative estimate of drug-likeness (QED) is 0.351. The molecule has 4 rings (SSSR count). The van der Waals surface area contributed by atoms with Crippen LogP contribution in [-0.2, 0) is 21.1 Å². The topological polar surface area (TPSA) is 46.0 Å². The zero-order chi connectivity index (χ0) is 18.2.